The summed E-state index contributed by atoms with van der Waals surface area (Å²) >= 11 is 0. The summed E-state index contributed by atoms with van der Waals surface area (Å²) in [6.07, 6.45) is 0. The molecule has 0 spiro atoms. The molecule has 7 heteroatoms. The Labute approximate surface area is 122 Å². The van der Waals surface area contributed by atoms with Crippen LogP contribution in [0.15, 0.2) is 30.3 Å². The molecule has 114 valence electrons. The number of anilines is 1. The van der Waals surface area contributed by atoms with E-state index in [1.807, 2.05) is 0 Å². The van der Waals surface area contributed by atoms with Gasteiger partial charge in [0.1, 0.15) is 12.6 Å². The predicted octanol–water partition coefficient (Wildman–Crippen LogP) is 0.797. The van der Waals surface area contributed by atoms with Crippen molar-refractivity contribution in [2.24, 2.45) is 11.7 Å². The van der Waals surface area contributed by atoms with Gasteiger partial charge in [0.15, 0.2) is 0 Å². The van der Waals surface area contributed by atoms with Crippen molar-refractivity contribution in [2.45, 2.75) is 19.9 Å². The fourth-order valence-corrected chi connectivity index (χ4v) is 1.87. The van der Waals surface area contributed by atoms with E-state index in [2.05, 4.69) is 5.32 Å². The molecule has 3 amide bonds. The Morgan fingerprint density at radius 3 is 2.24 bits per heavy atom. The molecule has 1 unspecified atom stereocenters. The molecule has 0 saturated carbocycles. The van der Waals surface area contributed by atoms with Gasteiger partial charge in [0.05, 0.1) is 0 Å². The standard InChI is InChI=1S/C14H19N3O4/c1-9(2)12(16-14(15)21)13(20)17(8-11(18)19)10-6-4-3-5-7-10/h3-7,9,12H,8H2,1-2H3,(H,18,19)(H3,15,16,21). The summed E-state index contributed by atoms with van der Waals surface area (Å²) in [5.41, 5.74) is 5.52. The van der Waals surface area contributed by atoms with E-state index < -0.39 is 30.5 Å². The van der Waals surface area contributed by atoms with Gasteiger partial charge in [-0.25, -0.2) is 4.79 Å². The van der Waals surface area contributed by atoms with Crippen molar-refractivity contribution in [3.05, 3.63) is 30.3 Å². The molecule has 1 atom stereocenters. The number of benzene rings is 1. The lowest BCUT2D eigenvalue weighted by Gasteiger charge is -2.28. The van der Waals surface area contributed by atoms with E-state index in [-0.39, 0.29) is 5.92 Å². The van der Waals surface area contributed by atoms with Crippen molar-refractivity contribution in [1.29, 1.82) is 0 Å². The molecule has 0 bridgehead atoms. The van der Waals surface area contributed by atoms with Gasteiger partial charge in [-0.2, -0.15) is 0 Å². The molecule has 0 aliphatic carbocycles. The highest BCUT2D eigenvalue weighted by Crippen LogP contribution is 2.16. The number of carbonyl (C=O) groups is 3. The van der Waals surface area contributed by atoms with Crippen LogP contribution in [0.1, 0.15) is 13.8 Å². The summed E-state index contributed by atoms with van der Waals surface area (Å²) in [5, 5.41) is 11.3. The van der Waals surface area contributed by atoms with Gasteiger partial charge >= 0.3 is 12.0 Å². The number of hydrogen-bond donors (Lipinski definition) is 3. The number of carboxylic acid groups (broad SMARTS) is 1. The molecule has 0 aliphatic rings. The topological polar surface area (TPSA) is 113 Å². The summed E-state index contributed by atoms with van der Waals surface area (Å²) < 4.78 is 0. The second kappa shape index (κ2) is 7.28. The number of nitrogens with two attached hydrogens (primary N) is 1. The number of rotatable bonds is 6. The number of nitrogens with one attached hydrogen (secondary N) is 1. The lowest BCUT2D eigenvalue weighted by atomic mass is 10.0. The molecule has 4 N–H and O–H groups in total. The van der Waals surface area contributed by atoms with Gasteiger partial charge in [-0.15, -0.1) is 0 Å². The first-order chi connectivity index (χ1) is 9.82. The molecule has 0 aromatic heterocycles. The van der Waals surface area contributed by atoms with E-state index in [1.165, 1.54) is 0 Å². The number of para-hydroxylation sites is 1. The summed E-state index contributed by atoms with van der Waals surface area (Å²) in [6.45, 7) is 2.98. The third-order valence-electron chi connectivity index (χ3n) is 2.86. The van der Waals surface area contributed by atoms with E-state index >= 15 is 0 Å². The highest BCUT2D eigenvalue weighted by atomic mass is 16.4. The monoisotopic (exact) mass is 293 g/mol. The molecule has 0 heterocycles. The van der Waals surface area contributed by atoms with Crippen LogP contribution in [0.25, 0.3) is 0 Å². The quantitative estimate of drug-likeness (QED) is 0.719. The Hall–Kier alpha value is -2.57. The van der Waals surface area contributed by atoms with Crippen molar-refractivity contribution >= 4 is 23.6 Å². The Morgan fingerprint density at radius 1 is 1.24 bits per heavy atom. The zero-order valence-electron chi connectivity index (χ0n) is 11.9. The number of amides is 3. The molecule has 0 fully saturated rings. The Bertz CT molecular complexity index is 516. The third kappa shape index (κ3) is 4.79. The minimum absolute atomic E-state index is 0.231. The molecular weight excluding hydrogens is 274 g/mol. The fraction of sp³-hybridized carbons (Fsp3) is 0.357. The summed E-state index contributed by atoms with van der Waals surface area (Å²) in [6, 6.07) is 6.69. The minimum Gasteiger partial charge on any atom is -0.480 e. The van der Waals surface area contributed by atoms with Gasteiger partial charge in [0, 0.05) is 5.69 Å². The molecule has 0 radical (unpaired) electrons. The smallest absolute Gasteiger partial charge is 0.323 e. The number of nitrogens with zero attached hydrogens (tertiary/aromatic N) is 1. The van der Waals surface area contributed by atoms with Crippen LogP contribution >= 0.6 is 0 Å². The molecule has 7 nitrogen and oxygen atoms in total. The SMILES string of the molecule is CC(C)C(NC(N)=O)C(=O)N(CC(=O)O)c1ccccc1. The highest BCUT2D eigenvalue weighted by Gasteiger charge is 2.30. The number of hydrogen-bond acceptors (Lipinski definition) is 3. The molecule has 0 aliphatic heterocycles. The van der Waals surface area contributed by atoms with E-state index in [9.17, 15) is 14.4 Å². The largest absolute Gasteiger partial charge is 0.480 e. The number of urea groups is 1. The number of carboxylic acids is 1. The fourth-order valence-electron chi connectivity index (χ4n) is 1.87. The zero-order chi connectivity index (χ0) is 16.0. The molecule has 0 saturated heterocycles. The van der Waals surface area contributed by atoms with E-state index in [1.54, 1.807) is 44.2 Å². The van der Waals surface area contributed by atoms with Gasteiger partial charge in [-0.1, -0.05) is 32.0 Å². The van der Waals surface area contributed by atoms with Crippen LogP contribution in [0.3, 0.4) is 0 Å². The molecule has 1 aromatic rings. The Balaban J connectivity index is 3.09. The van der Waals surface area contributed by atoms with Crippen molar-refractivity contribution in [2.75, 3.05) is 11.4 Å². The first-order valence-corrected chi connectivity index (χ1v) is 6.47. The van der Waals surface area contributed by atoms with E-state index in [0.717, 1.165) is 4.90 Å². The Morgan fingerprint density at radius 2 is 1.81 bits per heavy atom. The maximum atomic E-state index is 12.5. The first kappa shape index (κ1) is 16.5. The van der Waals surface area contributed by atoms with Crippen molar-refractivity contribution < 1.29 is 19.5 Å². The van der Waals surface area contributed by atoms with Gasteiger partial charge in [0.25, 0.3) is 0 Å². The second-order valence-corrected chi connectivity index (χ2v) is 4.88. The lowest BCUT2D eigenvalue weighted by molar-refractivity contribution is -0.137. The Kier molecular flexibility index (Phi) is 5.71. The van der Waals surface area contributed by atoms with Gasteiger partial charge in [-0.3, -0.25) is 14.5 Å². The van der Waals surface area contributed by atoms with E-state index in [4.69, 9.17) is 10.8 Å². The number of carbonyl (C=O) groups excluding carboxylic acids is 2. The predicted molar refractivity (Wildman–Crippen MR) is 77.8 cm³/mol. The van der Waals surface area contributed by atoms with Crippen LogP contribution in [0, 0.1) is 5.92 Å². The van der Waals surface area contributed by atoms with Crippen molar-refractivity contribution in [3.8, 4) is 0 Å². The molecular formula is C14H19N3O4. The van der Waals surface area contributed by atoms with Crippen molar-refractivity contribution in [1.82, 2.24) is 5.32 Å². The third-order valence-corrected chi connectivity index (χ3v) is 2.86. The normalized spacial score (nSPS) is 11.8. The average Bonchev–Trinajstić information content (AvgIpc) is 2.41. The molecule has 1 rings (SSSR count). The van der Waals surface area contributed by atoms with Gasteiger partial charge in [-0.05, 0) is 18.1 Å². The van der Waals surface area contributed by atoms with Crippen molar-refractivity contribution in [3.63, 3.8) is 0 Å². The summed E-state index contributed by atoms with van der Waals surface area (Å²) in [5.74, 6) is -1.89. The number of primary amides is 1. The summed E-state index contributed by atoms with van der Waals surface area (Å²) in [7, 11) is 0. The molecule has 1 aromatic carbocycles. The van der Waals surface area contributed by atoms with Crippen LogP contribution in [0.4, 0.5) is 10.5 Å². The van der Waals surface area contributed by atoms with Crippen LogP contribution < -0.4 is 16.0 Å². The van der Waals surface area contributed by atoms with Crippen LogP contribution in [-0.4, -0.2) is 35.6 Å². The maximum absolute atomic E-state index is 12.5. The average molecular weight is 293 g/mol. The minimum atomic E-state index is -1.14. The zero-order valence-corrected chi connectivity index (χ0v) is 11.9. The van der Waals surface area contributed by atoms with E-state index in [0.29, 0.717) is 5.69 Å². The van der Waals surface area contributed by atoms with Crippen LogP contribution in [0.2, 0.25) is 0 Å². The maximum Gasteiger partial charge on any atom is 0.323 e. The van der Waals surface area contributed by atoms with Crippen LogP contribution in [0.5, 0.6) is 0 Å². The van der Waals surface area contributed by atoms with Crippen LogP contribution in [-0.2, 0) is 9.59 Å². The highest BCUT2D eigenvalue weighted by molar-refractivity contribution is 6.01. The first-order valence-electron chi connectivity index (χ1n) is 6.47. The van der Waals surface area contributed by atoms with Gasteiger partial charge in [0.2, 0.25) is 5.91 Å². The summed E-state index contributed by atoms with van der Waals surface area (Å²) in [4.78, 5) is 35.7. The molecule has 21 heavy (non-hydrogen) atoms. The second-order valence-electron chi connectivity index (χ2n) is 4.88. The lowest BCUT2D eigenvalue weighted by Crippen LogP contribution is -2.53. The number of aliphatic carboxylic acids is 1. The van der Waals surface area contributed by atoms with Gasteiger partial charge < -0.3 is 16.2 Å².